The Kier molecular flexibility index (Phi) is 4.89. The van der Waals surface area contributed by atoms with Gasteiger partial charge in [-0.1, -0.05) is 13.3 Å². The van der Waals surface area contributed by atoms with Crippen molar-refractivity contribution in [1.82, 2.24) is 14.3 Å². The predicted octanol–water partition coefficient (Wildman–Crippen LogP) is 2.60. The van der Waals surface area contributed by atoms with Crippen LogP contribution in [0.4, 0.5) is 0 Å². The lowest BCUT2D eigenvalue weighted by molar-refractivity contribution is 0.126. The maximum Gasteiger partial charge on any atom is 0.277 e. The summed E-state index contributed by atoms with van der Waals surface area (Å²) < 4.78 is 31.1. The van der Waals surface area contributed by atoms with E-state index in [2.05, 4.69) is 16.9 Å². The van der Waals surface area contributed by atoms with Crippen LogP contribution >= 0.6 is 11.3 Å². The Labute approximate surface area is 157 Å². The van der Waals surface area contributed by atoms with Crippen LogP contribution < -0.4 is 9.88 Å². The van der Waals surface area contributed by atoms with Crippen LogP contribution in [0.3, 0.4) is 0 Å². The van der Waals surface area contributed by atoms with E-state index in [9.17, 15) is 8.42 Å². The molecule has 0 aromatic carbocycles. The fourth-order valence-electron chi connectivity index (χ4n) is 3.98. The highest BCUT2D eigenvalue weighted by Gasteiger charge is 2.30. The van der Waals surface area contributed by atoms with Gasteiger partial charge in [0.2, 0.25) is 5.88 Å². The minimum atomic E-state index is -3.71. The quantitative estimate of drug-likeness (QED) is 0.856. The van der Waals surface area contributed by atoms with Gasteiger partial charge < -0.3 is 4.74 Å². The standard InChI is InChI=1S/C17H24N4O3S2/c1-2-11-3-5-12(6-4-11)24-16-15-13-9-21(26(18,22)23)8-7-14(13)25-17(15)20-10-19-16/h10-12H,2-9H2,1H3,(H2,18,22,23). The van der Waals surface area contributed by atoms with Crippen molar-refractivity contribution in [2.75, 3.05) is 6.54 Å². The molecule has 0 spiro atoms. The van der Waals surface area contributed by atoms with E-state index in [4.69, 9.17) is 9.88 Å². The fraction of sp³-hybridized carbons (Fsp3) is 0.647. The molecule has 1 aliphatic carbocycles. The summed E-state index contributed by atoms with van der Waals surface area (Å²) in [5, 5.41) is 6.19. The van der Waals surface area contributed by atoms with Crippen molar-refractivity contribution in [3.05, 3.63) is 16.8 Å². The first-order valence-corrected chi connectivity index (χ1v) is 11.5. The Balaban J connectivity index is 1.64. The number of thiophene rings is 1. The van der Waals surface area contributed by atoms with E-state index >= 15 is 0 Å². The fourth-order valence-corrected chi connectivity index (χ4v) is 5.76. The van der Waals surface area contributed by atoms with Crippen molar-refractivity contribution in [1.29, 1.82) is 0 Å². The lowest BCUT2D eigenvalue weighted by Gasteiger charge is -2.28. The van der Waals surface area contributed by atoms with Crippen molar-refractivity contribution < 1.29 is 13.2 Å². The second-order valence-electron chi connectivity index (χ2n) is 7.16. The first-order chi connectivity index (χ1) is 12.5. The topological polar surface area (TPSA) is 98.4 Å². The van der Waals surface area contributed by atoms with Crippen LogP contribution in [0, 0.1) is 5.92 Å². The maximum absolute atomic E-state index is 11.8. The van der Waals surface area contributed by atoms with Crippen LogP contribution in [0.15, 0.2) is 6.33 Å². The first-order valence-electron chi connectivity index (χ1n) is 9.15. The smallest absolute Gasteiger partial charge is 0.277 e. The van der Waals surface area contributed by atoms with E-state index in [1.807, 2.05) is 0 Å². The van der Waals surface area contributed by atoms with Gasteiger partial charge in [-0.2, -0.15) is 12.7 Å². The molecule has 4 rings (SSSR count). The summed E-state index contributed by atoms with van der Waals surface area (Å²) in [6, 6.07) is 0. The van der Waals surface area contributed by atoms with E-state index in [0.29, 0.717) is 18.8 Å². The summed E-state index contributed by atoms with van der Waals surface area (Å²) >= 11 is 1.60. The molecule has 1 aliphatic heterocycles. The van der Waals surface area contributed by atoms with Crippen LogP contribution in [0.25, 0.3) is 10.2 Å². The largest absolute Gasteiger partial charge is 0.474 e. The molecule has 1 fully saturated rings. The molecule has 142 valence electrons. The second kappa shape index (κ2) is 7.03. The molecule has 0 bridgehead atoms. The monoisotopic (exact) mass is 396 g/mol. The zero-order chi connectivity index (χ0) is 18.3. The van der Waals surface area contributed by atoms with Gasteiger partial charge in [0.1, 0.15) is 17.3 Å². The number of fused-ring (bicyclic) bond motifs is 3. The van der Waals surface area contributed by atoms with E-state index in [0.717, 1.165) is 39.4 Å². The molecular formula is C17H24N4O3S2. The molecule has 3 heterocycles. The molecule has 2 aliphatic rings. The number of rotatable bonds is 4. The van der Waals surface area contributed by atoms with Gasteiger partial charge in [0.25, 0.3) is 10.2 Å². The summed E-state index contributed by atoms with van der Waals surface area (Å²) in [4.78, 5) is 10.8. The lowest BCUT2D eigenvalue weighted by atomic mass is 9.86. The Morgan fingerprint density at radius 1 is 1.31 bits per heavy atom. The Bertz CT molecular complexity index is 904. The molecule has 2 N–H and O–H groups in total. The molecule has 7 nitrogen and oxygen atoms in total. The van der Waals surface area contributed by atoms with E-state index < -0.39 is 10.2 Å². The minimum Gasteiger partial charge on any atom is -0.474 e. The molecular weight excluding hydrogens is 372 g/mol. The number of hydrogen-bond acceptors (Lipinski definition) is 6. The Hall–Kier alpha value is -1.29. The molecule has 1 saturated carbocycles. The highest BCUT2D eigenvalue weighted by Crippen LogP contribution is 2.39. The van der Waals surface area contributed by atoms with Crippen molar-refractivity contribution in [2.45, 2.75) is 58.1 Å². The van der Waals surface area contributed by atoms with E-state index in [1.54, 1.807) is 11.3 Å². The normalized spacial score (nSPS) is 24.5. The van der Waals surface area contributed by atoms with Gasteiger partial charge in [-0.25, -0.2) is 15.1 Å². The van der Waals surface area contributed by atoms with Crippen LogP contribution in [-0.2, 0) is 23.2 Å². The molecule has 2 aromatic heterocycles. The van der Waals surface area contributed by atoms with Gasteiger partial charge in [0.05, 0.1) is 5.39 Å². The molecule has 0 saturated heterocycles. The number of aromatic nitrogens is 2. The van der Waals surface area contributed by atoms with Gasteiger partial charge in [-0.3, -0.25) is 0 Å². The molecule has 0 amide bonds. The van der Waals surface area contributed by atoms with Gasteiger partial charge in [0.15, 0.2) is 0 Å². The summed E-state index contributed by atoms with van der Waals surface area (Å²) in [5.41, 5.74) is 0.947. The van der Waals surface area contributed by atoms with Crippen molar-refractivity contribution in [3.8, 4) is 5.88 Å². The summed E-state index contributed by atoms with van der Waals surface area (Å²) in [6.07, 6.45) is 8.05. The summed E-state index contributed by atoms with van der Waals surface area (Å²) in [6.45, 7) is 2.92. The van der Waals surface area contributed by atoms with Gasteiger partial charge >= 0.3 is 0 Å². The maximum atomic E-state index is 11.8. The molecule has 26 heavy (non-hydrogen) atoms. The number of ether oxygens (including phenoxy) is 1. The third-order valence-corrected chi connectivity index (χ3v) is 7.80. The van der Waals surface area contributed by atoms with Gasteiger partial charge in [0, 0.05) is 18.0 Å². The van der Waals surface area contributed by atoms with Crippen LogP contribution in [0.2, 0.25) is 0 Å². The number of nitrogens with zero attached hydrogens (tertiary/aromatic N) is 3. The van der Waals surface area contributed by atoms with Crippen molar-refractivity contribution in [3.63, 3.8) is 0 Å². The Morgan fingerprint density at radius 3 is 2.77 bits per heavy atom. The highest BCUT2D eigenvalue weighted by molar-refractivity contribution is 7.86. The van der Waals surface area contributed by atoms with E-state index in [1.165, 1.54) is 29.9 Å². The second-order valence-corrected chi connectivity index (χ2v) is 9.79. The van der Waals surface area contributed by atoms with Crippen molar-refractivity contribution in [2.24, 2.45) is 11.1 Å². The average molecular weight is 397 g/mol. The van der Waals surface area contributed by atoms with Crippen LogP contribution in [0.5, 0.6) is 5.88 Å². The van der Waals surface area contributed by atoms with Gasteiger partial charge in [-0.05, 0) is 43.6 Å². The molecule has 0 radical (unpaired) electrons. The van der Waals surface area contributed by atoms with Crippen molar-refractivity contribution >= 4 is 31.8 Å². The summed E-state index contributed by atoms with van der Waals surface area (Å²) in [7, 11) is -3.71. The van der Waals surface area contributed by atoms with E-state index in [-0.39, 0.29) is 12.6 Å². The molecule has 0 atom stereocenters. The van der Waals surface area contributed by atoms with Crippen LogP contribution in [0.1, 0.15) is 49.5 Å². The third kappa shape index (κ3) is 3.45. The Morgan fingerprint density at radius 2 is 2.08 bits per heavy atom. The number of nitrogens with two attached hydrogens (primary N) is 1. The molecule has 2 aromatic rings. The highest BCUT2D eigenvalue weighted by atomic mass is 32.2. The molecule has 0 unspecified atom stereocenters. The van der Waals surface area contributed by atoms with Crippen LogP contribution in [-0.4, -0.2) is 35.3 Å². The SMILES string of the molecule is CCC1CCC(Oc2ncnc3sc4c(c23)CN(S(N)(=O)=O)CC4)CC1. The molecule has 9 heteroatoms. The minimum absolute atomic E-state index is 0.171. The zero-order valence-corrected chi connectivity index (χ0v) is 16.5. The summed E-state index contributed by atoms with van der Waals surface area (Å²) in [5.74, 6) is 1.39. The van der Waals surface area contributed by atoms with Gasteiger partial charge in [-0.15, -0.1) is 11.3 Å². The zero-order valence-electron chi connectivity index (χ0n) is 14.8. The first kappa shape index (κ1) is 18.1. The number of hydrogen-bond donors (Lipinski definition) is 1. The lowest BCUT2D eigenvalue weighted by Crippen LogP contribution is -2.39. The average Bonchev–Trinajstić information content (AvgIpc) is 3.00. The predicted molar refractivity (Wildman–Crippen MR) is 101 cm³/mol. The third-order valence-electron chi connectivity index (χ3n) is 5.57.